The van der Waals surface area contributed by atoms with Crippen LogP contribution in [-0.2, 0) is 13.6 Å². The van der Waals surface area contributed by atoms with Gasteiger partial charge in [0.15, 0.2) is 5.82 Å². The molecular formula is C25H23ClN6OS. The SMILES string of the molecule is Cc1nn(Cc2ccc(Cl)cc2)c2sc(C(=O)NC(c3ccccc3)c3nnc(C)n3C)cc12. The van der Waals surface area contributed by atoms with Gasteiger partial charge in [0.2, 0.25) is 0 Å². The Labute approximate surface area is 206 Å². The first kappa shape index (κ1) is 22.3. The van der Waals surface area contributed by atoms with Crippen LogP contribution in [0.15, 0.2) is 60.7 Å². The summed E-state index contributed by atoms with van der Waals surface area (Å²) in [6, 6.07) is 19.0. The van der Waals surface area contributed by atoms with E-state index < -0.39 is 6.04 Å². The Balaban J connectivity index is 1.46. The van der Waals surface area contributed by atoms with Crippen LogP contribution in [0.5, 0.6) is 0 Å². The number of nitrogens with zero attached hydrogens (tertiary/aromatic N) is 5. The molecule has 0 aliphatic heterocycles. The van der Waals surface area contributed by atoms with Crippen LogP contribution in [0.2, 0.25) is 5.02 Å². The standard InChI is InChI=1S/C25H23ClN6OS/c1-15-20-13-21(34-25(20)32(30-15)14-17-9-11-19(26)12-10-17)24(33)27-22(18-7-5-4-6-8-18)23-29-28-16(2)31(23)3/h4-13,22H,14H2,1-3H3,(H,27,33). The van der Waals surface area contributed by atoms with Gasteiger partial charge in [-0.2, -0.15) is 5.10 Å². The number of carbonyl (C=O) groups excluding carboxylic acids is 1. The van der Waals surface area contributed by atoms with Crippen molar-refractivity contribution in [1.29, 1.82) is 0 Å². The molecule has 3 heterocycles. The van der Waals surface area contributed by atoms with Crippen molar-refractivity contribution in [2.45, 2.75) is 26.4 Å². The number of carbonyl (C=O) groups is 1. The second kappa shape index (κ2) is 9.04. The number of halogens is 1. The van der Waals surface area contributed by atoms with E-state index in [-0.39, 0.29) is 5.91 Å². The van der Waals surface area contributed by atoms with Crippen molar-refractivity contribution in [2.24, 2.45) is 7.05 Å². The molecule has 34 heavy (non-hydrogen) atoms. The quantitative estimate of drug-likeness (QED) is 0.360. The van der Waals surface area contributed by atoms with Gasteiger partial charge in [0.05, 0.1) is 17.1 Å². The number of rotatable bonds is 6. The van der Waals surface area contributed by atoms with Crippen LogP contribution >= 0.6 is 22.9 Å². The van der Waals surface area contributed by atoms with E-state index >= 15 is 0 Å². The highest BCUT2D eigenvalue weighted by atomic mass is 35.5. The van der Waals surface area contributed by atoms with E-state index in [9.17, 15) is 4.79 Å². The molecule has 7 nitrogen and oxygen atoms in total. The number of fused-ring (bicyclic) bond motifs is 1. The zero-order chi connectivity index (χ0) is 23.8. The van der Waals surface area contributed by atoms with Gasteiger partial charge in [-0.1, -0.05) is 54.1 Å². The molecule has 9 heteroatoms. The maximum atomic E-state index is 13.4. The fourth-order valence-electron chi connectivity index (χ4n) is 3.91. The van der Waals surface area contributed by atoms with Crippen LogP contribution in [0, 0.1) is 13.8 Å². The Hall–Kier alpha value is -3.49. The largest absolute Gasteiger partial charge is 0.337 e. The lowest BCUT2D eigenvalue weighted by Gasteiger charge is -2.18. The first-order valence-electron chi connectivity index (χ1n) is 10.8. The normalized spacial score (nSPS) is 12.2. The maximum absolute atomic E-state index is 13.4. The highest BCUT2D eigenvalue weighted by Gasteiger charge is 2.25. The van der Waals surface area contributed by atoms with Crippen molar-refractivity contribution < 1.29 is 4.79 Å². The van der Waals surface area contributed by atoms with Gasteiger partial charge in [-0.25, -0.2) is 0 Å². The second-order valence-corrected chi connectivity index (χ2v) is 9.65. The zero-order valence-electron chi connectivity index (χ0n) is 19.0. The Bertz CT molecular complexity index is 1470. The van der Waals surface area contributed by atoms with Crippen LogP contribution in [0.1, 0.15) is 44.2 Å². The molecular weight excluding hydrogens is 468 g/mol. The molecule has 1 unspecified atom stereocenters. The summed E-state index contributed by atoms with van der Waals surface area (Å²) in [5.74, 6) is 1.31. The van der Waals surface area contributed by atoms with Gasteiger partial charge in [-0.15, -0.1) is 21.5 Å². The average Bonchev–Trinajstić information content (AvgIpc) is 3.51. The number of aryl methyl sites for hydroxylation is 2. The fourth-order valence-corrected chi connectivity index (χ4v) is 5.10. The Morgan fingerprint density at radius 2 is 1.82 bits per heavy atom. The fraction of sp³-hybridized carbons (Fsp3) is 0.200. The van der Waals surface area contributed by atoms with Crippen molar-refractivity contribution in [3.05, 3.63) is 99.0 Å². The van der Waals surface area contributed by atoms with Crippen LogP contribution in [0.3, 0.4) is 0 Å². The number of amides is 1. The summed E-state index contributed by atoms with van der Waals surface area (Å²) in [5, 5.41) is 18.0. The third kappa shape index (κ3) is 4.22. The van der Waals surface area contributed by atoms with E-state index in [1.54, 1.807) is 0 Å². The van der Waals surface area contributed by atoms with Gasteiger partial charge in [0.1, 0.15) is 16.7 Å². The molecule has 0 radical (unpaired) electrons. The molecule has 0 saturated carbocycles. The Morgan fingerprint density at radius 1 is 1.09 bits per heavy atom. The third-order valence-electron chi connectivity index (χ3n) is 5.87. The molecule has 2 aromatic carbocycles. The second-order valence-electron chi connectivity index (χ2n) is 8.18. The van der Waals surface area contributed by atoms with Crippen LogP contribution in [-0.4, -0.2) is 30.5 Å². The van der Waals surface area contributed by atoms with Gasteiger partial charge in [0, 0.05) is 17.5 Å². The molecule has 5 aromatic rings. The van der Waals surface area contributed by atoms with Gasteiger partial charge < -0.3 is 9.88 Å². The highest BCUT2D eigenvalue weighted by molar-refractivity contribution is 7.20. The Kier molecular flexibility index (Phi) is 5.93. The van der Waals surface area contributed by atoms with Crippen LogP contribution < -0.4 is 5.32 Å². The minimum Gasteiger partial charge on any atom is -0.337 e. The summed E-state index contributed by atoms with van der Waals surface area (Å²) in [4.78, 5) is 15.0. The highest BCUT2D eigenvalue weighted by Crippen LogP contribution is 2.30. The predicted molar refractivity (Wildman–Crippen MR) is 134 cm³/mol. The molecule has 0 saturated heterocycles. The first-order chi connectivity index (χ1) is 16.4. The number of nitrogens with one attached hydrogen (secondary N) is 1. The zero-order valence-corrected chi connectivity index (χ0v) is 20.6. The summed E-state index contributed by atoms with van der Waals surface area (Å²) in [7, 11) is 1.90. The van der Waals surface area contributed by atoms with Gasteiger partial charge in [-0.3, -0.25) is 9.48 Å². The monoisotopic (exact) mass is 490 g/mol. The van der Waals surface area contributed by atoms with E-state index in [1.165, 1.54) is 11.3 Å². The van der Waals surface area contributed by atoms with Crippen molar-refractivity contribution in [2.75, 3.05) is 0 Å². The summed E-state index contributed by atoms with van der Waals surface area (Å²) < 4.78 is 3.84. The summed E-state index contributed by atoms with van der Waals surface area (Å²) in [5.41, 5.74) is 2.93. The van der Waals surface area contributed by atoms with Gasteiger partial charge in [0.25, 0.3) is 5.91 Å². The summed E-state index contributed by atoms with van der Waals surface area (Å²) in [6.07, 6.45) is 0. The van der Waals surface area contributed by atoms with Crippen LogP contribution in [0.25, 0.3) is 10.2 Å². The predicted octanol–water partition coefficient (Wildman–Crippen LogP) is 5.06. The minimum absolute atomic E-state index is 0.159. The van der Waals surface area contributed by atoms with E-state index in [4.69, 9.17) is 11.6 Å². The molecule has 0 fully saturated rings. The van der Waals surface area contributed by atoms with Crippen molar-refractivity contribution in [3.63, 3.8) is 0 Å². The number of hydrogen-bond acceptors (Lipinski definition) is 5. The molecule has 0 spiro atoms. The molecule has 1 N–H and O–H groups in total. The van der Waals surface area contributed by atoms with E-state index in [0.29, 0.717) is 22.3 Å². The number of thiophene rings is 1. The molecule has 0 bridgehead atoms. The number of benzene rings is 2. The van der Waals surface area contributed by atoms with E-state index in [0.717, 1.165) is 32.9 Å². The number of aromatic nitrogens is 5. The van der Waals surface area contributed by atoms with Gasteiger partial charge in [-0.05, 0) is 43.2 Å². The smallest absolute Gasteiger partial charge is 0.262 e. The molecule has 1 atom stereocenters. The topological polar surface area (TPSA) is 77.6 Å². The maximum Gasteiger partial charge on any atom is 0.262 e. The molecule has 3 aromatic heterocycles. The molecule has 5 rings (SSSR count). The lowest BCUT2D eigenvalue weighted by molar-refractivity contribution is 0.0945. The third-order valence-corrected chi connectivity index (χ3v) is 7.27. The molecule has 0 aliphatic rings. The van der Waals surface area contributed by atoms with E-state index in [1.807, 2.05) is 90.8 Å². The van der Waals surface area contributed by atoms with Crippen molar-refractivity contribution in [3.8, 4) is 0 Å². The van der Waals surface area contributed by atoms with Crippen molar-refractivity contribution >= 4 is 39.1 Å². The molecule has 1 amide bonds. The molecule has 0 aliphatic carbocycles. The summed E-state index contributed by atoms with van der Waals surface area (Å²) in [6.45, 7) is 4.46. The van der Waals surface area contributed by atoms with Gasteiger partial charge >= 0.3 is 0 Å². The van der Waals surface area contributed by atoms with Crippen LogP contribution in [0.4, 0.5) is 0 Å². The molecule has 172 valence electrons. The summed E-state index contributed by atoms with van der Waals surface area (Å²) >= 11 is 7.45. The number of hydrogen-bond donors (Lipinski definition) is 1. The Morgan fingerprint density at radius 3 is 2.50 bits per heavy atom. The lowest BCUT2D eigenvalue weighted by atomic mass is 10.1. The van der Waals surface area contributed by atoms with E-state index in [2.05, 4.69) is 20.6 Å². The first-order valence-corrected chi connectivity index (χ1v) is 12.0. The minimum atomic E-state index is -0.420. The van der Waals surface area contributed by atoms with Crippen molar-refractivity contribution in [1.82, 2.24) is 29.9 Å². The lowest BCUT2D eigenvalue weighted by Crippen LogP contribution is -2.30. The average molecular weight is 491 g/mol.